The number of benzene rings is 1. The summed E-state index contributed by atoms with van der Waals surface area (Å²) in [6, 6.07) is 8.54. The lowest BCUT2D eigenvalue weighted by molar-refractivity contribution is -0.142. The maximum absolute atomic E-state index is 11.9. The summed E-state index contributed by atoms with van der Waals surface area (Å²) in [5.74, 6) is -1.01. The molecule has 2 rings (SSSR count). The van der Waals surface area contributed by atoms with Crippen LogP contribution in [0.5, 0.6) is 0 Å². The van der Waals surface area contributed by atoms with Crippen LogP contribution in [0.4, 0.5) is 4.79 Å². The van der Waals surface area contributed by atoms with E-state index >= 15 is 0 Å². The molecule has 0 bridgehead atoms. The molecule has 0 spiro atoms. The van der Waals surface area contributed by atoms with E-state index in [0.717, 1.165) is 5.56 Å². The van der Waals surface area contributed by atoms with E-state index in [9.17, 15) is 9.59 Å². The Balaban J connectivity index is 1.95. The topological polar surface area (TPSA) is 66.8 Å². The SMILES string of the molecule is C[C@H]1CCN(C(=O)OCc2ccccc2)C1C(=O)O. The second-order valence-electron chi connectivity index (χ2n) is 4.78. The van der Waals surface area contributed by atoms with Crippen LogP contribution < -0.4 is 0 Å². The smallest absolute Gasteiger partial charge is 0.410 e. The number of hydrogen-bond acceptors (Lipinski definition) is 3. The summed E-state index contributed by atoms with van der Waals surface area (Å²) >= 11 is 0. The Kier molecular flexibility index (Phi) is 4.04. The van der Waals surface area contributed by atoms with Gasteiger partial charge < -0.3 is 9.84 Å². The van der Waals surface area contributed by atoms with Gasteiger partial charge in [0.2, 0.25) is 0 Å². The summed E-state index contributed by atoms with van der Waals surface area (Å²) in [6.45, 7) is 2.44. The van der Waals surface area contributed by atoms with Gasteiger partial charge in [0.1, 0.15) is 12.6 Å². The molecule has 2 atom stereocenters. The number of likely N-dealkylation sites (tertiary alicyclic amines) is 1. The summed E-state index contributed by atoms with van der Waals surface area (Å²) in [5.41, 5.74) is 0.884. The second kappa shape index (κ2) is 5.73. The first-order valence-electron chi connectivity index (χ1n) is 6.29. The van der Waals surface area contributed by atoms with Gasteiger partial charge in [0.15, 0.2) is 0 Å². The third-order valence-corrected chi connectivity index (χ3v) is 3.39. The van der Waals surface area contributed by atoms with Gasteiger partial charge in [-0.25, -0.2) is 9.59 Å². The number of hydrogen-bond donors (Lipinski definition) is 1. The van der Waals surface area contributed by atoms with Gasteiger partial charge in [-0.15, -0.1) is 0 Å². The number of carbonyl (C=O) groups is 2. The van der Waals surface area contributed by atoms with Gasteiger partial charge >= 0.3 is 12.1 Å². The lowest BCUT2D eigenvalue weighted by Gasteiger charge is -2.22. The van der Waals surface area contributed by atoms with Gasteiger partial charge in [0.25, 0.3) is 0 Å². The lowest BCUT2D eigenvalue weighted by atomic mass is 10.0. The summed E-state index contributed by atoms with van der Waals surface area (Å²) in [7, 11) is 0. The average molecular weight is 263 g/mol. The van der Waals surface area contributed by atoms with E-state index in [4.69, 9.17) is 9.84 Å². The Morgan fingerprint density at radius 3 is 2.68 bits per heavy atom. The van der Waals surface area contributed by atoms with Crippen molar-refractivity contribution >= 4 is 12.1 Å². The van der Waals surface area contributed by atoms with Crippen LogP contribution in [0.25, 0.3) is 0 Å². The zero-order chi connectivity index (χ0) is 13.8. The molecule has 1 N–H and O–H groups in total. The number of nitrogens with zero attached hydrogens (tertiary/aromatic N) is 1. The van der Waals surface area contributed by atoms with E-state index in [0.29, 0.717) is 13.0 Å². The molecule has 1 aliphatic rings. The fourth-order valence-electron chi connectivity index (χ4n) is 2.33. The minimum absolute atomic E-state index is 0.0400. The molecule has 19 heavy (non-hydrogen) atoms. The van der Waals surface area contributed by atoms with E-state index in [2.05, 4.69) is 0 Å². The minimum atomic E-state index is -0.971. The molecule has 5 nitrogen and oxygen atoms in total. The van der Waals surface area contributed by atoms with E-state index in [1.54, 1.807) is 0 Å². The summed E-state index contributed by atoms with van der Waals surface area (Å²) < 4.78 is 5.16. The van der Waals surface area contributed by atoms with Crippen molar-refractivity contribution in [2.75, 3.05) is 6.54 Å². The van der Waals surface area contributed by atoms with E-state index in [1.807, 2.05) is 37.3 Å². The molecule has 1 amide bonds. The molecule has 102 valence electrons. The number of rotatable bonds is 3. The standard InChI is InChI=1S/C14H17NO4/c1-10-7-8-15(12(10)13(16)17)14(18)19-9-11-5-3-2-4-6-11/h2-6,10,12H,7-9H2,1H3,(H,16,17)/t10-,12?/m0/s1. The number of aliphatic carboxylic acids is 1. The molecule has 1 unspecified atom stereocenters. The predicted molar refractivity (Wildman–Crippen MR) is 68.5 cm³/mol. The number of carboxylic acids is 1. The zero-order valence-electron chi connectivity index (χ0n) is 10.8. The Bertz CT molecular complexity index is 460. The van der Waals surface area contributed by atoms with Crippen molar-refractivity contribution in [2.45, 2.75) is 26.0 Å². The first kappa shape index (κ1) is 13.4. The number of amides is 1. The number of ether oxygens (including phenoxy) is 1. The molecule has 0 radical (unpaired) electrons. The van der Waals surface area contributed by atoms with Crippen molar-refractivity contribution < 1.29 is 19.4 Å². The van der Waals surface area contributed by atoms with Crippen LogP contribution in [0, 0.1) is 5.92 Å². The van der Waals surface area contributed by atoms with Crippen molar-refractivity contribution in [3.8, 4) is 0 Å². The van der Waals surface area contributed by atoms with E-state index in [-0.39, 0.29) is 12.5 Å². The van der Waals surface area contributed by atoms with Gasteiger partial charge in [-0.3, -0.25) is 4.90 Å². The van der Waals surface area contributed by atoms with Crippen LogP contribution in [0.15, 0.2) is 30.3 Å². The highest BCUT2D eigenvalue weighted by molar-refractivity contribution is 5.81. The molecule has 0 saturated carbocycles. The Hall–Kier alpha value is -2.04. The van der Waals surface area contributed by atoms with Crippen molar-refractivity contribution in [2.24, 2.45) is 5.92 Å². The summed E-state index contributed by atoms with van der Waals surface area (Å²) in [5, 5.41) is 9.14. The van der Waals surface area contributed by atoms with Crippen LogP contribution in [0.1, 0.15) is 18.9 Å². The van der Waals surface area contributed by atoms with Gasteiger partial charge in [-0.2, -0.15) is 0 Å². The molecule has 1 heterocycles. The predicted octanol–water partition coefficient (Wildman–Crippen LogP) is 2.12. The fourth-order valence-corrected chi connectivity index (χ4v) is 2.33. The Labute approximate surface area is 111 Å². The third kappa shape index (κ3) is 3.05. The average Bonchev–Trinajstić information content (AvgIpc) is 2.79. The van der Waals surface area contributed by atoms with E-state index in [1.165, 1.54) is 4.90 Å². The maximum atomic E-state index is 11.9. The summed E-state index contributed by atoms with van der Waals surface area (Å²) in [6.07, 6.45) is 0.137. The van der Waals surface area contributed by atoms with Crippen molar-refractivity contribution in [3.63, 3.8) is 0 Å². The van der Waals surface area contributed by atoms with E-state index < -0.39 is 18.1 Å². The Morgan fingerprint density at radius 1 is 1.37 bits per heavy atom. The van der Waals surface area contributed by atoms with Crippen LogP contribution >= 0.6 is 0 Å². The van der Waals surface area contributed by atoms with Crippen LogP contribution in [-0.2, 0) is 16.1 Å². The molecule has 1 fully saturated rings. The van der Waals surface area contributed by atoms with Gasteiger partial charge in [-0.1, -0.05) is 37.3 Å². The largest absolute Gasteiger partial charge is 0.480 e. The van der Waals surface area contributed by atoms with Crippen molar-refractivity contribution in [1.29, 1.82) is 0 Å². The quantitative estimate of drug-likeness (QED) is 0.907. The fraction of sp³-hybridized carbons (Fsp3) is 0.429. The van der Waals surface area contributed by atoms with Crippen LogP contribution in [0.2, 0.25) is 0 Å². The van der Waals surface area contributed by atoms with Crippen LogP contribution in [-0.4, -0.2) is 34.7 Å². The molecule has 1 saturated heterocycles. The number of carboxylic acid groups (broad SMARTS) is 1. The molecular weight excluding hydrogens is 246 g/mol. The second-order valence-corrected chi connectivity index (χ2v) is 4.78. The van der Waals surface area contributed by atoms with Gasteiger partial charge in [0, 0.05) is 6.54 Å². The molecular formula is C14H17NO4. The minimum Gasteiger partial charge on any atom is -0.480 e. The summed E-state index contributed by atoms with van der Waals surface area (Å²) in [4.78, 5) is 24.4. The molecule has 1 aliphatic heterocycles. The first-order chi connectivity index (χ1) is 9.09. The molecule has 5 heteroatoms. The normalized spacial score (nSPS) is 22.3. The highest BCUT2D eigenvalue weighted by Gasteiger charge is 2.40. The van der Waals surface area contributed by atoms with Crippen molar-refractivity contribution in [1.82, 2.24) is 4.90 Å². The molecule has 0 aliphatic carbocycles. The van der Waals surface area contributed by atoms with Gasteiger partial charge in [0.05, 0.1) is 0 Å². The third-order valence-electron chi connectivity index (χ3n) is 3.39. The molecule has 0 aromatic heterocycles. The monoisotopic (exact) mass is 263 g/mol. The Morgan fingerprint density at radius 2 is 2.05 bits per heavy atom. The van der Waals surface area contributed by atoms with Crippen LogP contribution in [0.3, 0.4) is 0 Å². The van der Waals surface area contributed by atoms with Crippen molar-refractivity contribution in [3.05, 3.63) is 35.9 Å². The lowest BCUT2D eigenvalue weighted by Crippen LogP contribution is -2.42. The molecule has 1 aromatic carbocycles. The number of carbonyl (C=O) groups excluding carboxylic acids is 1. The highest BCUT2D eigenvalue weighted by atomic mass is 16.6. The van der Waals surface area contributed by atoms with Gasteiger partial charge in [-0.05, 0) is 17.9 Å². The maximum Gasteiger partial charge on any atom is 0.410 e. The highest BCUT2D eigenvalue weighted by Crippen LogP contribution is 2.25. The molecule has 1 aromatic rings. The first-order valence-corrected chi connectivity index (χ1v) is 6.29. The zero-order valence-corrected chi connectivity index (χ0v) is 10.8.